The number of non-ortho nitro benzene ring substituents is 1. The SMILES string of the molecule is O=[N+]([O-])c1ccc(Oc2cccc(-c3nnco3)c2)c([N+](=O)[O-])c1. The standard InChI is InChI=1S/C14H8N4O6/c19-17(20)10-4-5-13(12(7-10)18(21)22)24-11-3-1-2-9(6-11)14-16-15-8-23-14/h1-8H. The van der Waals surface area contributed by atoms with E-state index in [1.54, 1.807) is 24.3 Å². The fourth-order valence-corrected chi connectivity index (χ4v) is 1.97. The van der Waals surface area contributed by atoms with Crippen molar-refractivity contribution in [2.24, 2.45) is 0 Å². The monoisotopic (exact) mass is 328 g/mol. The molecule has 0 radical (unpaired) electrons. The summed E-state index contributed by atoms with van der Waals surface area (Å²) in [5, 5.41) is 29.2. The first kappa shape index (κ1) is 15.1. The second-order valence-corrected chi connectivity index (χ2v) is 4.54. The molecule has 1 heterocycles. The van der Waals surface area contributed by atoms with Crippen molar-refractivity contribution >= 4 is 11.4 Å². The van der Waals surface area contributed by atoms with Crippen LogP contribution in [0.4, 0.5) is 11.4 Å². The van der Waals surface area contributed by atoms with Crippen molar-refractivity contribution in [3.05, 3.63) is 69.1 Å². The van der Waals surface area contributed by atoms with Gasteiger partial charge in [0.15, 0.2) is 0 Å². The van der Waals surface area contributed by atoms with Gasteiger partial charge in [-0.15, -0.1) is 10.2 Å². The van der Waals surface area contributed by atoms with E-state index in [9.17, 15) is 20.2 Å². The molecular formula is C14H8N4O6. The van der Waals surface area contributed by atoms with Crippen LogP contribution in [-0.4, -0.2) is 20.0 Å². The van der Waals surface area contributed by atoms with E-state index in [4.69, 9.17) is 9.15 Å². The maximum absolute atomic E-state index is 11.1. The predicted molar refractivity (Wildman–Crippen MR) is 79.6 cm³/mol. The number of hydrogen-bond acceptors (Lipinski definition) is 8. The Morgan fingerprint density at radius 1 is 1.04 bits per heavy atom. The van der Waals surface area contributed by atoms with Gasteiger partial charge in [-0.05, 0) is 24.3 Å². The quantitative estimate of drug-likeness (QED) is 0.514. The van der Waals surface area contributed by atoms with Crippen molar-refractivity contribution in [1.29, 1.82) is 0 Å². The number of nitrogens with zero attached hydrogens (tertiary/aromatic N) is 4. The van der Waals surface area contributed by atoms with E-state index in [1.807, 2.05) is 0 Å². The minimum absolute atomic E-state index is 0.117. The molecule has 0 atom stereocenters. The second kappa shape index (κ2) is 6.12. The Morgan fingerprint density at radius 3 is 2.54 bits per heavy atom. The van der Waals surface area contributed by atoms with E-state index < -0.39 is 21.2 Å². The van der Waals surface area contributed by atoms with Gasteiger partial charge in [0.1, 0.15) is 5.75 Å². The summed E-state index contributed by atoms with van der Waals surface area (Å²) in [4.78, 5) is 20.4. The lowest BCUT2D eigenvalue weighted by Crippen LogP contribution is -1.96. The van der Waals surface area contributed by atoms with Gasteiger partial charge >= 0.3 is 5.69 Å². The Morgan fingerprint density at radius 2 is 1.88 bits per heavy atom. The second-order valence-electron chi connectivity index (χ2n) is 4.54. The molecule has 0 fully saturated rings. The Bertz CT molecular complexity index is 909. The molecule has 1 aromatic heterocycles. The molecule has 24 heavy (non-hydrogen) atoms. The van der Waals surface area contributed by atoms with Gasteiger partial charge in [-0.25, -0.2) is 0 Å². The maximum atomic E-state index is 11.1. The number of ether oxygens (including phenoxy) is 1. The molecule has 0 bridgehead atoms. The zero-order chi connectivity index (χ0) is 17.1. The molecule has 0 amide bonds. The highest BCUT2D eigenvalue weighted by molar-refractivity contribution is 5.58. The lowest BCUT2D eigenvalue weighted by atomic mass is 10.2. The molecule has 0 unspecified atom stereocenters. The van der Waals surface area contributed by atoms with Crippen LogP contribution in [0.1, 0.15) is 0 Å². The molecule has 0 aliphatic rings. The average Bonchev–Trinajstić information content (AvgIpc) is 3.09. The number of aromatic nitrogens is 2. The van der Waals surface area contributed by atoms with E-state index >= 15 is 0 Å². The maximum Gasteiger partial charge on any atom is 0.318 e. The molecule has 3 aromatic rings. The summed E-state index contributed by atoms with van der Waals surface area (Å²) < 4.78 is 10.6. The highest BCUT2D eigenvalue weighted by atomic mass is 16.6. The molecule has 0 N–H and O–H groups in total. The van der Waals surface area contributed by atoms with Crippen molar-refractivity contribution in [2.45, 2.75) is 0 Å². The van der Waals surface area contributed by atoms with Crippen LogP contribution in [0.25, 0.3) is 11.5 Å². The molecule has 10 nitrogen and oxygen atoms in total. The Hall–Kier alpha value is -3.82. The van der Waals surface area contributed by atoms with Crippen LogP contribution in [0.15, 0.2) is 53.3 Å². The van der Waals surface area contributed by atoms with Gasteiger partial charge in [-0.3, -0.25) is 20.2 Å². The highest BCUT2D eigenvalue weighted by Gasteiger charge is 2.21. The fourth-order valence-electron chi connectivity index (χ4n) is 1.97. The van der Waals surface area contributed by atoms with E-state index in [2.05, 4.69) is 10.2 Å². The summed E-state index contributed by atoms with van der Waals surface area (Å²) in [6.45, 7) is 0. The third-order valence-electron chi connectivity index (χ3n) is 3.02. The van der Waals surface area contributed by atoms with E-state index in [0.29, 0.717) is 5.56 Å². The molecule has 0 saturated heterocycles. The molecule has 0 aliphatic heterocycles. The van der Waals surface area contributed by atoms with Gasteiger partial charge in [-0.1, -0.05) is 6.07 Å². The molecule has 0 aliphatic carbocycles. The first-order valence-corrected chi connectivity index (χ1v) is 6.52. The van der Waals surface area contributed by atoms with Crippen molar-refractivity contribution in [1.82, 2.24) is 10.2 Å². The number of nitro groups is 2. The van der Waals surface area contributed by atoms with Crippen LogP contribution in [0, 0.1) is 20.2 Å². The van der Waals surface area contributed by atoms with Crippen molar-refractivity contribution in [3.8, 4) is 23.0 Å². The third kappa shape index (κ3) is 3.02. The average molecular weight is 328 g/mol. The number of benzene rings is 2. The smallest absolute Gasteiger partial charge is 0.318 e. The molecule has 3 rings (SSSR count). The molecule has 0 saturated carbocycles. The molecule has 120 valence electrons. The number of hydrogen-bond donors (Lipinski definition) is 0. The topological polar surface area (TPSA) is 134 Å². The van der Waals surface area contributed by atoms with Gasteiger partial charge in [0.2, 0.25) is 18.0 Å². The van der Waals surface area contributed by atoms with Crippen LogP contribution in [0.3, 0.4) is 0 Å². The molecule has 2 aromatic carbocycles. The van der Waals surface area contributed by atoms with Crippen LogP contribution < -0.4 is 4.74 Å². The van der Waals surface area contributed by atoms with Gasteiger partial charge in [0, 0.05) is 11.6 Å². The summed E-state index contributed by atoms with van der Waals surface area (Å²) in [5.74, 6) is 0.426. The van der Waals surface area contributed by atoms with E-state index in [1.165, 1.54) is 12.5 Å². The number of rotatable bonds is 5. The van der Waals surface area contributed by atoms with E-state index in [0.717, 1.165) is 12.1 Å². The Kier molecular flexibility index (Phi) is 3.85. The van der Waals surface area contributed by atoms with Gasteiger partial charge in [0.25, 0.3) is 5.69 Å². The summed E-state index contributed by atoms with van der Waals surface area (Å²) in [6, 6.07) is 9.62. The minimum Gasteiger partial charge on any atom is -0.450 e. The lowest BCUT2D eigenvalue weighted by molar-refractivity contribution is -0.394. The first-order chi connectivity index (χ1) is 11.5. The van der Waals surface area contributed by atoms with Crippen LogP contribution >= 0.6 is 0 Å². The summed E-state index contributed by atoms with van der Waals surface area (Å²) in [5.41, 5.74) is -0.337. The summed E-state index contributed by atoms with van der Waals surface area (Å²) in [7, 11) is 0. The predicted octanol–water partition coefficient (Wildman–Crippen LogP) is 3.35. The molecule has 0 spiro atoms. The van der Waals surface area contributed by atoms with E-state index in [-0.39, 0.29) is 17.4 Å². The van der Waals surface area contributed by atoms with Crippen LogP contribution in [0.2, 0.25) is 0 Å². The summed E-state index contributed by atoms with van der Waals surface area (Å²) >= 11 is 0. The van der Waals surface area contributed by atoms with Gasteiger partial charge < -0.3 is 9.15 Å². The van der Waals surface area contributed by atoms with Gasteiger partial charge in [0.05, 0.1) is 15.9 Å². The largest absolute Gasteiger partial charge is 0.450 e. The van der Waals surface area contributed by atoms with Crippen LogP contribution in [0.5, 0.6) is 11.5 Å². The van der Waals surface area contributed by atoms with Gasteiger partial charge in [-0.2, -0.15) is 0 Å². The number of nitro benzene ring substituents is 2. The minimum atomic E-state index is -0.746. The van der Waals surface area contributed by atoms with Crippen molar-refractivity contribution in [2.75, 3.05) is 0 Å². The Labute approximate surface area is 133 Å². The molecule has 10 heteroatoms. The third-order valence-corrected chi connectivity index (χ3v) is 3.02. The zero-order valence-corrected chi connectivity index (χ0v) is 11.9. The summed E-state index contributed by atoms with van der Waals surface area (Å²) in [6.07, 6.45) is 1.17. The van der Waals surface area contributed by atoms with Crippen molar-refractivity contribution < 1.29 is 19.0 Å². The first-order valence-electron chi connectivity index (χ1n) is 6.52. The van der Waals surface area contributed by atoms with Crippen molar-refractivity contribution in [3.63, 3.8) is 0 Å². The lowest BCUT2D eigenvalue weighted by Gasteiger charge is -2.07. The fraction of sp³-hybridized carbons (Fsp3) is 0. The zero-order valence-electron chi connectivity index (χ0n) is 11.9. The Balaban J connectivity index is 1.95. The molecular weight excluding hydrogens is 320 g/mol. The van der Waals surface area contributed by atoms with Crippen LogP contribution in [-0.2, 0) is 0 Å². The normalized spacial score (nSPS) is 10.3. The highest BCUT2D eigenvalue weighted by Crippen LogP contribution is 2.35.